The van der Waals surface area contributed by atoms with E-state index < -0.39 is 12.2 Å². The molecule has 0 saturated heterocycles. The molecule has 0 aliphatic carbocycles. The maximum Gasteiger partial charge on any atom is 0.407 e. The molecule has 29 heavy (non-hydrogen) atoms. The second kappa shape index (κ2) is 11.0. The van der Waals surface area contributed by atoms with Crippen LogP contribution in [0.3, 0.4) is 0 Å². The number of benzene rings is 1. The van der Waals surface area contributed by atoms with Crippen LogP contribution in [0.4, 0.5) is 9.59 Å². The normalized spacial score (nSPS) is 10.7. The highest BCUT2D eigenvalue weighted by Gasteiger charge is 2.10. The molecule has 7 nitrogen and oxygen atoms in total. The minimum atomic E-state index is -0.427. The molecular weight excluding hydrogens is 370 g/mol. The monoisotopic (exact) mass is 400 g/mol. The lowest BCUT2D eigenvalue weighted by molar-refractivity contribution is -0.596. The van der Waals surface area contributed by atoms with Crippen LogP contribution in [0, 0.1) is 0 Å². The molecule has 156 valence electrons. The Morgan fingerprint density at radius 2 is 1.59 bits per heavy atom. The summed E-state index contributed by atoms with van der Waals surface area (Å²) in [5.41, 5.74) is 3.04. The van der Waals surface area contributed by atoms with Gasteiger partial charge in [0.25, 0.3) is 0 Å². The van der Waals surface area contributed by atoms with Crippen molar-refractivity contribution in [2.24, 2.45) is 0 Å². The molecule has 0 aliphatic heterocycles. The van der Waals surface area contributed by atoms with Gasteiger partial charge in [0, 0.05) is 36.9 Å². The molecule has 0 saturated carbocycles. The van der Waals surface area contributed by atoms with Gasteiger partial charge in [-0.3, -0.25) is 0 Å². The van der Waals surface area contributed by atoms with E-state index in [0.29, 0.717) is 19.5 Å². The summed E-state index contributed by atoms with van der Waals surface area (Å²) in [5.74, 6) is 0. The Morgan fingerprint density at radius 1 is 0.931 bits per heavy atom. The number of alkyl carbamates (subject to hydrolysis) is 2. The summed E-state index contributed by atoms with van der Waals surface area (Å²) in [6.45, 7) is 8.14. The van der Waals surface area contributed by atoms with E-state index in [-0.39, 0.29) is 12.2 Å². The van der Waals surface area contributed by atoms with Crippen LogP contribution >= 0.6 is 0 Å². The lowest BCUT2D eigenvalue weighted by Gasteiger charge is -2.10. The highest BCUT2D eigenvalue weighted by Crippen LogP contribution is 2.06. The Labute approximate surface area is 172 Å². The van der Waals surface area contributed by atoms with Gasteiger partial charge < -0.3 is 20.1 Å². The van der Waals surface area contributed by atoms with Crippen LogP contribution in [-0.2, 0) is 22.4 Å². The van der Waals surface area contributed by atoms with Crippen LogP contribution in [0.25, 0.3) is 5.69 Å². The number of aromatic nitrogens is 1. The Kier molecular flexibility index (Phi) is 8.45. The molecule has 1 aromatic carbocycles. The Hall–Kier alpha value is -3.09. The van der Waals surface area contributed by atoms with Crippen molar-refractivity contribution in [3.05, 3.63) is 59.9 Å². The summed E-state index contributed by atoms with van der Waals surface area (Å²) in [5, 5.41) is 5.50. The van der Waals surface area contributed by atoms with Crippen LogP contribution in [0.2, 0.25) is 0 Å². The molecule has 0 aliphatic rings. The molecule has 2 rings (SSSR count). The minimum Gasteiger partial charge on any atom is -0.447 e. The molecule has 0 atom stereocenters. The number of nitrogens with one attached hydrogen (secondary N) is 2. The van der Waals surface area contributed by atoms with Crippen LogP contribution in [0.5, 0.6) is 0 Å². The first-order valence-corrected chi connectivity index (χ1v) is 9.82. The van der Waals surface area contributed by atoms with Gasteiger partial charge in [-0.25, -0.2) is 9.59 Å². The number of hydrogen-bond acceptors (Lipinski definition) is 4. The first-order valence-electron chi connectivity index (χ1n) is 9.82. The Bertz CT molecular complexity index is 821. The molecule has 0 unspecified atom stereocenters. The Morgan fingerprint density at radius 3 is 2.28 bits per heavy atom. The van der Waals surface area contributed by atoms with Crippen molar-refractivity contribution in [2.45, 2.75) is 52.9 Å². The summed E-state index contributed by atoms with van der Waals surface area (Å²) in [7, 11) is 0. The molecule has 0 bridgehead atoms. The molecular formula is C22H30N3O4+. The maximum atomic E-state index is 11.7. The fourth-order valence-corrected chi connectivity index (χ4v) is 2.65. The zero-order valence-electron chi connectivity index (χ0n) is 17.5. The molecule has 2 N–H and O–H groups in total. The van der Waals surface area contributed by atoms with Crippen LogP contribution in [0.15, 0.2) is 48.8 Å². The number of rotatable bonds is 8. The van der Waals surface area contributed by atoms with Crippen molar-refractivity contribution in [3.8, 4) is 5.69 Å². The first kappa shape index (κ1) is 22.2. The largest absolute Gasteiger partial charge is 0.447 e. The summed E-state index contributed by atoms with van der Waals surface area (Å²) < 4.78 is 12.2. The highest BCUT2D eigenvalue weighted by molar-refractivity contribution is 5.67. The third kappa shape index (κ3) is 8.21. The second-order valence-electron chi connectivity index (χ2n) is 7.23. The number of nitrogens with zero attached hydrogens (tertiary/aromatic N) is 1. The fraction of sp³-hybridized carbons (Fsp3) is 0.409. The SMILES string of the molecule is CC(C)OC(=O)NCCc1ccc[n+](-c2cccc(CNC(=O)OC(C)C)c2)c1. The molecule has 1 heterocycles. The topological polar surface area (TPSA) is 80.5 Å². The zero-order valence-corrected chi connectivity index (χ0v) is 17.5. The van der Waals surface area contributed by atoms with E-state index in [9.17, 15) is 9.59 Å². The summed E-state index contributed by atoms with van der Waals surface area (Å²) in [6, 6.07) is 11.9. The van der Waals surface area contributed by atoms with E-state index >= 15 is 0 Å². The van der Waals surface area contributed by atoms with Gasteiger partial charge in [-0.15, -0.1) is 0 Å². The number of ether oxygens (including phenoxy) is 2. The smallest absolute Gasteiger partial charge is 0.407 e. The van der Waals surface area contributed by atoms with E-state index in [1.165, 1.54) is 0 Å². The van der Waals surface area contributed by atoms with Crippen molar-refractivity contribution < 1.29 is 23.6 Å². The van der Waals surface area contributed by atoms with E-state index in [0.717, 1.165) is 16.8 Å². The van der Waals surface area contributed by atoms with E-state index in [1.807, 2.05) is 81.1 Å². The third-order valence-electron chi connectivity index (χ3n) is 3.88. The number of pyridine rings is 1. The van der Waals surface area contributed by atoms with Gasteiger partial charge in [-0.2, -0.15) is 4.57 Å². The van der Waals surface area contributed by atoms with Crippen molar-refractivity contribution in [1.82, 2.24) is 10.6 Å². The minimum absolute atomic E-state index is 0.136. The lowest BCUT2D eigenvalue weighted by atomic mass is 10.1. The number of hydrogen-bond donors (Lipinski definition) is 2. The van der Waals surface area contributed by atoms with Gasteiger partial charge in [0.15, 0.2) is 12.4 Å². The second-order valence-corrected chi connectivity index (χ2v) is 7.23. The summed E-state index contributed by atoms with van der Waals surface area (Å²) in [6.07, 6.45) is 3.56. The van der Waals surface area contributed by atoms with Crippen molar-refractivity contribution in [1.29, 1.82) is 0 Å². The first-order chi connectivity index (χ1) is 13.8. The molecule has 1 aromatic heterocycles. The average molecular weight is 400 g/mol. The lowest BCUT2D eigenvalue weighted by Crippen LogP contribution is -2.32. The molecule has 2 amide bonds. The van der Waals surface area contributed by atoms with Gasteiger partial charge >= 0.3 is 12.2 Å². The zero-order chi connectivity index (χ0) is 21.2. The van der Waals surface area contributed by atoms with Crippen LogP contribution in [0.1, 0.15) is 38.8 Å². The maximum absolute atomic E-state index is 11.7. The number of carbonyl (C=O) groups is 2. The number of amides is 2. The van der Waals surface area contributed by atoms with E-state index in [4.69, 9.17) is 9.47 Å². The van der Waals surface area contributed by atoms with E-state index in [2.05, 4.69) is 10.6 Å². The van der Waals surface area contributed by atoms with Crippen LogP contribution < -0.4 is 15.2 Å². The van der Waals surface area contributed by atoms with Gasteiger partial charge in [0.05, 0.1) is 12.2 Å². The van der Waals surface area contributed by atoms with Gasteiger partial charge in [-0.05, 0) is 45.7 Å². The highest BCUT2D eigenvalue weighted by atomic mass is 16.6. The van der Waals surface area contributed by atoms with Crippen molar-refractivity contribution >= 4 is 12.2 Å². The molecule has 2 aromatic rings. The fourth-order valence-electron chi connectivity index (χ4n) is 2.65. The average Bonchev–Trinajstić information content (AvgIpc) is 2.66. The number of carbonyl (C=O) groups excluding carboxylic acids is 2. The molecule has 0 fully saturated rings. The van der Waals surface area contributed by atoms with E-state index in [1.54, 1.807) is 0 Å². The molecule has 7 heteroatoms. The van der Waals surface area contributed by atoms with Gasteiger partial charge in [0.2, 0.25) is 5.69 Å². The molecule has 0 spiro atoms. The Balaban J connectivity index is 1.95. The van der Waals surface area contributed by atoms with Gasteiger partial charge in [-0.1, -0.05) is 12.1 Å². The summed E-state index contributed by atoms with van der Waals surface area (Å²) in [4.78, 5) is 23.2. The quantitative estimate of drug-likeness (QED) is 0.667. The predicted molar refractivity (Wildman–Crippen MR) is 110 cm³/mol. The molecule has 0 radical (unpaired) electrons. The third-order valence-corrected chi connectivity index (χ3v) is 3.88. The van der Waals surface area contributed by atoms with Crippen molar-refractivity contribution in [3.63, 3.8) is 0 Å². The van der Waals surface area contributed by atoms with Crippen LogP contribution in [-0.4, -0.2) is 30.9 Å². The van der Waals surface area contributed by atoms with Gasteiger partial charge in [0.1, 0.15) is 0 Å². The summed E-state index contributed by atoms with van der Waals surface area (Å²) >= 11 is 0. The predicted octanol–water partition coefficient (Wildman–Crippen LogP) is 3.28. The van der Waals surface area contributed by atoms with Crippen molar-refractivity contribution in [2.75, 3.05) is 6.54 Å². The standard InChI is InChI=1S/C22H29N3O4/c1-16(2)28-21(26)23-11-10-18-8-6-12-25(15-18)20-9-5-7-19(13-20)14-24-22(27)29-17(3)4/h5-9,12-13,15-17H,10-11,14H2,1-4H3,(H-,23,24,26,27)/p+1.